The summed E-state index contributed by atoms with van der Waals surface area (Å²) in [7, 11) is -2.36. The molecule has 3 heteroatoms. The van der Waals surface area contributed by atoms with Crippen molar-refractivity contribution in [3.8, 4) is 0 Å². The molecule has 1 nitrogen and oxygen atoms in total. The molecule has 88 valence electrons. The van der Waals surface area contributed by atoms with Gasteiger partial charge in [-0.25, -0.2) is 0 Å². The quantitative estimate of drug-likeness (QED) is 0.500. The fraction of sp³-hybridized carbons (Fsp3) is 0.667. The van der Waals surface area contributed by atoms with Crippen LogP contribution in [-0.4, -0.2) is 27.2 Å². The molecule has 0 aliphatic heterocycles. The largest absolute Gasteiger partial charge is 0.345 e. The minimum atomic E-state index is -1.18. The van der Waals surface area contributed by atoms with Crippen molar-refractivity contribution in [2.75, 3.05) is 6.54 Å². The summed E-state index contributed by atoms with van der Waals surface area (Å²) >= 11 is 0. The minimum Gasteiger partial charge on any atom is -0.345 e. The van der Waals surface area contributed by atoms with Crippen LogP contribution in [0, 0.1) is 0 Å². The topological polar surface area (TPSA) is 3.24 Å². The Hall–Kier alpha value is -0.126. The van der Waals surface area contributed by atoms with Gasteiger partial charge in [-0.05, 0) is 13.0 Å². The van der Waals surface area contributed by atoms with Gasteiger partial charge < -0.3 is 4.23 Å². The Balaban J connectivity index is 4.55. The molecule has 0 saturated carbocycles. The van der Waals surface area contributed by atoms with E-state index in [4.69, 9.17) is 0 Å². The third-order valence-electron chi connectivity index (χ3n) is 2.56. The Morgan fingerprint density at radius 3 is 1.73 bits per heavy atom. The predicted octanol–water partition coefficient (Wildman–Crippen LogP) is 4.09. The van der Waals surface area contributed by atoms with Gasteiger partial charge in [0, 0.05) is 0 Å². The molecule has 15 heavy (non-hydrogen) atoms. The van der Waals surface area contributed by atoms with Gasteiger partial charge in [0.25, 0.3) is 0 Å². The minimum absolute atomic E-state index is 1.07. The van der Waals surface area contributed by atoms with Crippen molar-refractivity contribution < 1.29 is 0 Å². The Bertz CT molecular complexity index is 219. The standard InChI is InChI=1S/C12H27NSi2/c1-9-12(2)10-11-13(14(3,4)5)15(6,7)8/h9H,1-2,10-11H2,3-8H3. The predicted molar refractivity (Wildman–Crippen MR) is 77.4 cm³/mol. The highest BCUT2D eigenvalue weighted by atomic mass is 28.4. The van der Waals surface area contributed by atoms with Gasteiger partial charge in [-0.1, -0.05) is 64.1 Å². The molecule has 0 aliphatic rings. The third-order valence-corrected chi connectivity index (χ3v) is 10.3. The molecule has 0 rings (SSSR count). The highest BCUT2D eigenvalue weighted by molar-refractivity contribution is 6.89. The Labute approximate surface area is 98.1 Å². The van der Waals surface area contributed by atoms with Crippen molar-refractivity contribution in [2.24, 2.45) is 0 Å². The van der Waals surface area contributed by atoms with Crippen LogP contribution in [0.3, 0.4) is 0 Å². The average molecular weight is 242 g/mol. The van der Waals surface area contributed by atoms with E-state index >= 15 is 0 Å². The second-order valence-electron chi connectivity index (χ2n) is 6.11. The van der Waals surface area contributed by atoms with Crippen LogP contribution >= 0.6 is 0 Å². The lowest BCUT2D eigenvalue weighted by Crippen LogP contribution is -2.59. The van der Waals surface area contributed by atoms with Gasteiger partial charge in [0.1, 0.15) is 16.5 Å². The van der Waals surface area contributed by atoms with Crippen molar-refractivity contribution >= 4 is 16.5 Å². The molecule has 0 unspecified atom stereocenters. The summed E-state index contributed by atoms with van der Waals surface area (Å²) < 4.78 is 2.79. The second-order valence-corrected chi connectivity index (χ2v) is 16.3. The van der Waals surface area contributed by atoms with E-state index in [0.717, 1.165) is 18.5 Å². The van der Waals surface area contributed by atoms with E-state index in [2.05, 4.69) is 56.7 Å². The first-order valence-corrected chi connectivity index (χ1v) is 12.6. The summed E-state index contributed by atoms with van der Waals surface area (Å²) in [6, 6.07) is 0. The van der Waals surface area contributed by atoms with Gasteiger partial charge in [0.2, 0.25) is 0 Å². The zero-order chi connectivity index (χ0) is 12.3. The smallest absolute Gasteiger partial charge is 0.112 e. The highest BCUT2D eigenvalue weighted by Crippen LogP contribution is 2.20. The number of rotatable bonds is 6. The molecule has 0 radical (unpaired) electrons. The molecule has 0 aliphatic carbocycles. The van der Waals surface area contributed by atoms with Crippen LogP contribution in [0.5, 0.6) is 0 Å². The van der Waals surface area contributed by atoms with Crippen molar-refractivity contribution in [3.05, 3.63) is 24.8 Å². The van der Waals surface area contributed by atoms with Gasteiger partial charge in [-0.15, -0.1) is 0 Å². The first-order chi connectivity index (χ1) is 6.59. The molecular weight excluding hydrogens is 214 g/mol. The van der Waals surface area contributed by atoms with Crippen LogP contribution in [0.15, 0.2) is 24.8 Å². The van der Waals surface area contributed by atoms with E-state index in [1.807, 2.05) is 6.08 Å². The van der Waals surface area contributed by atoms with E-state index in [9.17, 15) is 0 Å². The zero-order valence-electron chi connectivity index (χ0n) is 11.4. The highest BCUT2D eigenvalue weighted by Gasteiger charge is 2.33. The van der Waals surface area contributed by atoms with Gasteiger partial charge in [-0.3, -0.25) is 0 Å². The molecule has 0 amide bonds. The number of allylic oxidation sites excluding steroid dienone is 1. The number of hydrogen-bond donors (Lipinski definition) is 0. The van der Waals surface area contributed by atoms with E-state index in [1.54, 1.807) is 0 Å². The zero-order valence-corrected chi connectivity index (χ0v) is 13.4. The molecule has 0 aromatic rings. The molecule has 0 spiro atoms. The summed E-state index contributed by atoms with van der Waals surface area (Å²) in [4.78, 5) is 0. The van der Waals surface area contributed by atoms with E-state index < -0.39 is 16.5 Å². The molecule has 0 aromatic carbocycles. The first kappa shape index (κ1) is 14.9. The summed E-state index contributed by atoms with van der Waals surface area (Å²) in [5, 5.41) is 0. The summed E-state index contributed by atoms with van der Waals surface area (Å²) in [6.45, 7) is 23.5. The lowest BCUT2D eigenvalue weighted by atomic mass is 10.2. The second kappa shape index (κ2) is 5.28. The van der Waals surface area contributed by atoms with Gasteiger partial charge in [0.05, 0.1) is 0 Å². The molecule has 0 bridgehead atoms. The maximum absolute atomic E-state index is 4.00. The Morgan fingerprint density at radius 2 is 1.47 bits per heavy atom. The molecular formula is C12H27NSi2. The van der Waals surface area contributed by atoms with Crippen LogP contribution in [0.1, 0.15) is 6.42 Å². The number of hydrogen-bond acceptors (Lipinski definition) is 1. The summed E-state index contributed by atoms with van der Waals surface area (Å²) in [5.41, 5.74) is 1.16. The van der Waals surface area contributed by atoms with Crippen LogP contribution in [0.2, 0.25) is 39.3 Å². The summed E-state index contributed by atoms with van der Waals surface area (Å²) in [6.07, 6.45) is 2.95. The van der Waals surface area contributed by atoms with E-state index in [1.165, 1.54) is 0 Å². The van der Waals surface area contributed by atoms with Crippen LogP contribution in [0.25, 0.3) is 0 Å². The van der Waals surface area contributed by atoms with E-state index in [-0.39, 0.29) is 0 Å². The molecule has 0 atom stereocenters. The van der Waals surface area contributed by atoms with Crippen molar-refractivity contribution in [2.45, 2.75) is 45.7 Å². The van der Waals surface area contributed by atoms with Crippen molar-refractivity contribution in [1.82, 2.24) is 4.23 Å². The molecule has 0 aromatic heterocycles. The fourth-order valence-corrected chi connectivity index (χ4v) is 11.6. The van der Waals surface area contributed by atoms with Crippen molar-refractivity contribution in [1.29, 1.82) is 0 Å². The maximum atomic E-state index is 4.00. The SMILES string of the molecule is C=CC(=C)CCN([Si](C)(C)C)[Si](C)(C)C. The maximum Gasteiger partial charge on any atom is 0.112 e. The van der Waals surface area contributed by atoms with Crippen molar-refractivity contribution in [3.63, 3.8) is 0 Å². The van der Waals surface area contributed by atoms with Crippen LogP contribution in [-0.2, 0) is 0 Å². The van der Waals surface area contributed by atoms with E-state index in [0.29, 0.717) is 0 Å². The van der Waals surface area contributed by atoms with Crippen LogP contribution < -0.4 is 0 Å². The molecule has 0 saturated heterocycles. The first-order valence-electron chi connectivity index (χ1n) is 5.67. The van der Waals surface area contributed by atoms with Crippen LogP contribution in [0.4, 0.5) is 0 Å². The fourth-order valence-electron chi connectivity index (χ4n) is 2.03. The van der Waals surface area contributed by atoms with Gasteiger partial charge >= 0.3 is 0 Å². The molecule has 0 fully saturated rings. The number of nitrogens with zero attached hydrogens (tertiary/aromatic N) is 1. The molecule has 0 N–H and O–H groups in total. The lowest BCUT2D eigenvalue weighted by molar-refractivity contribution is 0.614. The monoisotopic (exact) mass is 241 g/mol. The average Bonchev–Trinajstić information content (AvgIpc) is 1.99. The van der Waals surface area contributed by atoms with Gasteiger partial charge in [0.15, 0.2) is 0 Å². The Morgan fingerprint density at radius 1 is 1.07 bits per heavy atom. The van der Waals surface area contributed by atoms with Gasteiger partial charge in [-0.2, -0.15) is 0 Å². The molecule has 0 heterocycles. The summed E-state index contributed by atoms with van der Waals surface area (Å²) in [5.74, 6) is 0. The Kier molecular flexibility index (Phi) is 5.23. The lowest BCUT2D eigenvalue weighted by Gasteiger charge is -2.43. The third kappa shape index (κ3) is 5.49. The normalized spacial score (nSPS) is 13.0.